The van der Waals surface area contributed by atoms with Crippen LogP contribution in [0.25, 0.3) is 0 Å². The zero-order chi connectivity index (χ0) is 15.7. The van der Waals surface area contributed by atoms with E-state index in [0.717, 1.165) is 12.3 Å². The monoisotopic (exact) mass is 316 g/mol. The molecule has 1 atom stereocenters. The van der Waals surface area contributed by atoms with E-state index in [1.165, 1.54) is 6.07 Å². The summed E-state index contributed by atoms with van der Waals surface area (Å²) in [6.45, 7) is 3.83. The van der Waals surface area contributed by atoms with Crippen molar-refractivity contribution >= 4 is 16.0 Å². The number of nitrogens with zero attached hydrogens (tertiary/aromatic N) is 1. The van der Waals surface area contributed by atoms with E-state index >= 15 is 0 Å². The first kappa shape index (κ1) is 15.8. The first-order valence-electron chi connectivity index (χ1n) is 6.20. The van der Waals surface area contributed by atoms with Gasteiger partial charge in [0.2, 0.25) is 0 Å². The fourth-order valence-electron chi connectivity index (χ4n) is 1.81. The van der Waals surface area contributed by atoms with Crippen molar-refractivity contribution in [2.75, 3.05) is 13.2 Å². The van der Waals surface area contributed by atoms with Crippen LogP contribution in [0.3, 0.4) is 0 Å². The van der Waals surface area contributed by atoms with Crippen LogP contribution >= 0.6 is 0 Å². The van der Waals surface area contributed by atoms with Gasteiger partial charge in [-0.15, -0.1) is 0 Å². The molecule has 1 aromatic heterocycles. The summed E-state index contributed by atoms with van der Waals surface area (Å²) < 4.78 is 37.2. The van der Waals surface area contributed by atoms with Crippen LogP contribution in [-0.2, 0) is 19.5 Å². The molecule has 1 aliphatic heterocycles. The molecule has 1 saturated heterocycles. The zero-order valence-electron chi connectivity index (χ0n) is 11.6. The molecule has 2 rings (SSSR count). The van der Waals surface area contributed by atoms with Gasteiger partial charge in [0, 0.05) is 12.7 Å². The van der Waals surface area contributed by atoms with E-state index in [-0.39, 0.29) is 23.2 Å². The van der Waals surface area contributed by atoms with Crippen molar-refractivity contribution < 1.29 is 27.8 Å². The van der Waals surface area contributed by atoms with Gasteiger partial charge < -0.3 is 14.6 Å². The van der Waals surface area contributed by atoms with Crippen LogP contribution in [0.2, 0.25) is 0 Å². The number of sulfonamides is 1. The SMILES string of the molecule is CC1(C)OCC(CNS(=O)(=O)c2ccc(C(=O)O)cn2)O1. The highest BCUT2D eigenvalue weighted by molar-refractivity contribution is 7.89. The number of ether oxygens (including phenoxy) is 2. The van der Waals surface area contributed by atoms with E-state index in [4.69, 9.17) is 14.6 Å². The zero-order valence-corrected chi connectivity index (χ0v) is 12.4. The molecule has 1 unspecified atom stereocenters. The minimum Gasteiger partial charge on any atom is -0.478 e. The summed E-state index contributed by atoms with van der Waals surface area (Å²) in [6.07, 6.45) is 0.614. The average Bonchev–Trinajstić information content (AvgIpc) is 2.76. The Morgan fingerprint density at radius 2 is 2.24 bits per heavy atom. The fourth-order valence-corrected chi connectivity index (χ4v) is 2.80. The average molecular weight is 316 g/mol. The van der Waals surface area contributed by atoms with Crippen molar-refractivity contribution in [1.82, 2.24) is 9.71 Å². The molecule has 0 bridgehead atoms. The molecule has 21 heavy (non-hydrogen) atoms. The first-order valence-corrected chi connectivity index (χ1v) is 7.69. The molecule has 8 nitrogen and oxygen atoms in total. The van der Waals surface area contributed by atoms with E-state index in [9.17, 15) is 13.2 Å². The smallest absolute Gasteiger partial charge is 0.337 e. The molecule has 0 amide bonds. The molecule has 0 aliphatic carbocycles. The second-order valence-electron chi connectivity index (χ2n) is 4.99. The van der Waals surface area contributed by atoms with Crippen molar-refractivity contribution in [3.63, 3.8) is 0 Å². The fraction of sp³-hybridized carbons (Fsp3) is 0.500. The molecular formula is C12H16N2O6S. The van der Waals surface area contributed by atoms with Gasteiger partial charge in [-0.3, -0.25) is 0 Å². The normalized spacial score (nSPS) is 21.3. The Hall–Kier alpha value is -1.55. The summed E-state index contributed by atoms with van der Waals surface area (Å²) in [5.41, 5.74) is -0.0803. The molecule has 0 saturated carbocycles. The van der Waals surface area contributed by atoms with E-state index in [1.54, 1.807) is 13.8 Å². The van der Waals surface area contributed by atoms with Crippen LogP contribution in [0.4, 0.5) is 0 Å². The largest absolute Gasteiger partial charge is 0.478 e. The molecule has 116 valence electrons. The van der Waals surface area contributed by atoms with Gasteiger partial charge in [-0.1, -0.05) is 0 Å². The molecule has 2 heterocycles. The third kappa shape index (κ3) is 3.97. The predicted molar refractivity (Wildman–Crippen MR) is 71.3 cm³/mol. The van der Waals surface area contributed by atoms with Gasteiger partial charge in [0.25, 0.3) is 10.0 Å². The van der Waals surface area contributed by atoms with Crippen molar-refractivity contribution in [3.05, 3.63) is 23.9 Å². The summed E-state index contributed by atoms with van der Waals surface area (Å²) in [6, 6.07) is 2.32. The maximum absolute atomic E-state index is 12.0. The minimum absolute atomic E-state index is 0.0497. The van der Waals surface area contributed by atoms with Crippen LogP contribution in [-0.4, -0.2) is 49.5 Å². The van der Waals surface area contributed by atoms with Crippen LogP contribution in [0.1, 0.15) is 24.2 Å². The maximum Gasteiger partial charge on any atom is 0.337 e. The summed E-state index contributed by atoms with van der Waals surface area (Å²) in [4.78, 5) is 14.3. The number of hydrogen-bond acceptors (Lipinski definition) is 6. The van der Waals surface area contributed by atoms with Crippen LogP contribution < -0.4 is 4.72 Å². The Balaban J connectivity index is 2.00. The van der Waals surface area contributed by atoms with Crippen molar-refractivity contribution in [2.45, 2.75) is 30.8 Å². The van der Waals surface area contributed by atoms with E-state index in [1.807, 2.05) is 0 Å². The number of hydrogen-bond donors (Lipinski definition) is 2. The quantitative estimate of drug-likeness (QED) is 0.798. The van der Waals surface area contributed by atoms with E-state index < -0.39 is 21.8 Å². The van der Waals surface area contributed by atoms with Gasteiger partial charge >= 0.3 is 5.97 Å². The molecule has 9 heteroatoms. The highest BCUT2D eigenvalue weighted by atomic mass is 32.2. The Labute approximate surface area is 122 Å². The summed E-state index contributed by atoms with van der Waals surface area (Å²) in [7, 11) is -3.82. The molecule has 1 aliphatic rings. The maximum atomic E-state index is 12.0. The molecular weight excluding hydrogens is 300 g/mol. The lowest BCUT2D eigenvalue weighted by atomic mass is 10.3. The van der Waals surface area contributed by atoms with Gasteiger partial charge in [-0.2, -0.15) is 0 Å². The van der Waals surface area contributed by atoms with Gasteiger partial charge in [0.15, 0.2) is 10.8 Å². The minimum atomic E-state index is -3.82. The molecule has 0 spiro atoms. The number of nitrogens with one attached hydrogen (secondary N) is 1. The summed E-state index contributed by atoms with van der Waals surface area (Å²) in [5, 5.41) is 8.49. The molecule has 1 aromatic rings. The molecule has 0 aromatic carbocycles. The topological polar surface area (TPSA) is 115 Å². The second kappa shape index (κ2) is 5.68. The predicted octanol–water partition coefficient (Wildman–Crippen LogP) is 0.210. The number of carboxylic acids is 1. The lowest BCUT2D eigenvalue weighted by molar-refractivity contribution is -0.137. The third-order valence-corrected chi connectivity index (χ3v) is 4.17. The Bertz CT molecular complexity index is 626. The van der Waals surface area contributed by atoms with Gasteiger partial charge in [-0.25, -0.2) is 22.9 Å². The van der Waals surface area contributed by atoms with Gasteiger partial charge in [0.1, 0.15) is 0 Å². The Kier molecular flexibility index (Phi) is 4.28. The number of carbonyl (C=O) groups is 1. The lowest BCUT2D eigenvalue weighted by Crippen LogP contribution is -2.34. The first-order chi connectivity index (χ1) is 9.70. The molecule has 0 radical (unpaired) electrons. The van der Waals surface area contributed by atoms with Crippen LogP contribution in [0.15, 0.2) is 23.4 Å². The standard InChI is InChI=1S/C12H16N2O6S/c1-12(2)19-7-9(20-12)6-14-21(17,18)10-4-3-8(5-13-10)11(15)16/h3-5,9,14H,6-7H2,1-2H3,(H,15,16). The Morgan fingerprint density at radius 1 is 1.52 bits per heavy atom. The number of aromatic nitrogens is 1. The third-order valence-electron chi connectivity index (χ3n) is 2.83. The Morgan fingerprint density at radius 3 is 2.71 bits per heavy atom. The highest BCUT2D eigenvalue weighted by Gasteiger charge is 2.33. The van der Waals surface area contributed by atoms with E-state index in [2.05, 4.69) is 9.71 Å². The van der Waals surface area contributed by atoms with Gasteiger partial charge in [-0.05, 0) is 26.0 Å². The number of carboxylic acid groups (broad SMARTS) is 1. The number of aromatic carboxylic acids is 1. The van der Waals surface area contributed by atoms with Crippen LogP contribution in [0.5, 0.6) is 0 Å². The highest BCUT2D eigenvalue weighted by Crippen LogP contribution is 2.22. The summed E-state index contributed by atoms with van der Waals surface area (Å²) >= 11 is 0. The van der Waals surface area contributed by atoms with Crippen molar-refractivity contribution in [2.24, 2.45) is 0 Å². The van der Waals surface area contributed by atoms with Crippen LogP contribution in [0, 0.1) is 0 Å². The van der Waals surface area contributed by atoms with Crippen molar-refractivity contribution in [3.8, 4) is 0 Å². The second-order valence-corrected chi connectivity index (χ2v) is 6.71. The lowest BCUT2D eigenvalue weighted by Gasteiger charge is -2.17. The molecule has 1 fully saturated rings. The van der Waals surface area contributed by atoms with Crippen molar-refractivity contribution in [1.29, 1.82) is 0 Å². The van der Waals surface area contributed by atoms with E-state index in [0.29, 0.717) is 6.61 Å². The number of rotatable bonds is 5. The molecule has 2 N–H and O–H groups in total. The number of pyridine rings is 1. The van der Waals surface area contributed by atoms with Gasteiger partial charge in [0.05, 0.1) is 18.3 Å². The summed E-state index contributed by atoms with van der Waals surface area (Å²) in [5.74, 6) is -1.89.